The van der Waals surface area contributed by atoms with Gasteiger partial charge in [-0.3, -0.25) is 14.2 Å². The first-order valence-electron chi connectivity index (χ1n) is 11.9. The molecule has 3 aliphatic rings. The number of nitrogens with zero attached hydrogens (tertiary/aromatic N) is 1. The highest BCUT2D eigenvalue weighted by Crippen LogP contribution is 2.45. The second kappa shape index (κ2) is 10.7. The number of rotatable bonds is 10. The van der Waals surface area contributed by atoms with Crippen LogP contribution in [0.1, 0.15) is 78.1 Å². The van der Waals surface area contributed by atoms with Gasteiger partial charge in [0.25, 0.3) is 5.91 Å². The van der Waals surface area contributed by atoms with Crippen LogP contribution in [0.4, 0.5) is 0 Å². The maximum atomic E-state index is 12.9. The zero-order valence-electron chi connectivity index (χ0n) is 19.1. The molecule has 2 aliphatic heterocycles. The number of hydrogen-bond donors (Lipinski definition) is 1. The first-order valence-corrected chi connectivity index (χ1v) is 13.4. The van der Waals surface area contributed by atoms with Crippen LogP contribution in [-0.2, 0) is 20.3 Å². The average molecular weight is 440 g/mol. The van der Waals surface area contributed by atoms with Crippen LogP contribution in [0.2, 0.25) is 0 Å². The van der Waals surface area contributed by atoms with E-state index in [2.05, 4.69) is 12.2 Å². The van der Waals surface area contributed by atoms with E-state index in [1.807, 2.05) is 13.8 Å². The zero-order valence-corrected chi connectivity index (χ0v) is 19.9. The fourth-order valence-electron chi connectivity index (χ4n) is 5.69. The molecule has 30 heavy (non-hydrogen) atoms. The van der Waals surface area contributed by atoms with Gasteiger partial charge in [0.2, 0.25) is 0 Å². The third-order valence-corrected chi connectivity index (χ3v) is 9.10. The topological polar surface area (TPSA) is 66.8 Å². The summed E-state index contributed by atoms with van der Waals surface area (Å²) in [6.07, 6.45) is 16.3. The van der Waals surface area contributed by atoms with Gasteiger partial charge in [0.1, 0.15) is 0 Å². The minimum Gasteiger partial charge on any atom is -0.374 e. The second-order valence-corrected chi connectivity index (χ2v) is 11.9. The van der Waals surface area contributed by atoms with Crippen molar-refractivity contribution in [3.05, 3.63) is 12.2 Å². The van der Waals surface area contributed by atoms with Gasteiger partial charge in [-0.15, -0.1) is 0 Å². The Kier molecular flexibility index (Phi) is 8.56. The van der Waals surface area contributed by atoms with Crippen molar-refractivity contribution in [3.8, 4) is 0 Å². The standard InChI is InChI=1S/C24H41NO4S/c1-24(2,23(26)25(3)27)15-9-5-8-12-19-20(22-14-13-21(19)29-22)17-30(28)16-18-10-6-4-7-11-18/h5,8,18-22,27H,4,6-7,9-17H2,1-3H3/b8-5-/t19-,20+,21-,22+,30?/m1/s1. The molecule has 0 aromatic heterocycles. The molecule has 172 valence electrons. The molecule has 2 saturated heterocycles. The number of hydroxylamine groups is 2. The number of fused-ring (bicyclic) bond motifs is 2. The molecule has 1 unspecified atom stereocenters. The van der Waals surface area contributed by atoms with Gasteiger partial charge in [-0.05, 0) is 56.8 Å². The highest BCUT2D eigenvalue weighted by molar-refractivity contribution is 7.85. The summed E-state index contributed by atoms with van der Waals surface area (Å²) >= 11 is 0. The maximum absolute atomic E-state index is 12.9. The molecular formula is C24H41NO4S. The van der Waals surface area contributed by atoms with Crippen LogP contribution in [-0.4, -0.2) is 51.1 Å². The highest BCUT2D eigenvalue weighted by atomic mass is 32.2. The van der Waals surface area contributed by atoms with Gasteiger partial charge in [-0.1, -0.05) is 45.3 Å². The summed E-state index contributed by atoms with van der Waals surface area (Å²) in [6, 6.07) is 0. The van der Waals surface area contributed by atoms with E-state index >= 15 is 0 Å². The fourth-order valence-corrected chi connectivity index (χ4v) is 7.57. The van der Waals surface area contributed by atoms with Crippen molar-refractivity contribution in [2.75, 3.05) is 18.6 Å². The van der Waals surface area contributed by atoms with Gasteiger partial charge in [-0.25, -0.2) is 5.06 Å². The van der Waals surface area contributed by atoms with E-state index in [1.165, 1.54) is 39.2 Å². The third-order valence-electron chi connectivity index (χ3n) is 7.50. The van der Waals surface area contributed by atoms with Crippen molar-refractivity contribution < 1.29 is 18.9 Å². The van der Waals surface area contributed by atoms with Crippen molar-refractivity contribution in [2.45, 2.75) is 90.3 Å². The fraction of sp³-hybridized carbons (Fsp3) is 0.875. The van der Waals surface area contributed by atoms with E-state index in [0.29, 0.717) is 41.4 Å². The Morgan fingerprint density at radius 2 is 1.73 bits per heavy atom. The van der Waals surface area contributed by atoms with E-state index in [4.69, 9.17) is 4.74 Å². The Labute approximate surface area is 185 Å². The van der Waals surface area contributed by atoms with Crippen LogP contribution in [0.5, 0.6) is 0 Å². The highest BCUT2D eigenvalue weighted by Gasteiger charge is 2.48. The predicted molar refractivity (Wildman–Crippen MR) is 121 cm³/mol. The van der Waals surface area contributed by atoms with Gasteiger partial charge in [-0.2, -0.15) is 0 Å². The lowest BCUT2D eigenvalue weighted by molar-refractivity contribution is -0.169. The number of ether oxygens (including phenoxy) is 1. The normalized spacial score (nSPS) is 30.8. The Hall–Kier alpha value is -0.720. The molecule has 3 fully saturated rings. The number of carbonyl (C=O) groups is 1. The Balaban J connectivity index is 1.46. The monoisotopic (exact) mass is 439 g/mol. The number of carbonyl (C=O) groups excluding carboxylic acids is 1. The molecule has 1 aliphatic carbocycles. The minimum atomic E-state index is -0.730. The molecule has 5 atom stereocenters. The zero-order chi connectivity index (χ0) is 21.7. The molecule has 1 saturated carbocycles. The van der Waals surface area contributed by atoms with Crippen molar-refractivity contribution in [2.24, 2.45) is 23.2 Å². The molecule has 0 spiro atoms. The van der Waals surface area contributed by atoms with Crippen molar-refractivity contribution >= 4 is 16.7 Å². The molecule has 2 bridgehead atoms. The lowest BCUT2D eigenvalue weighted by atomic mass is 9.78. The molecule has 1 N–H and O–H groups in total. The molecule has 6 heteroatoms. The van der Waals surface area contributed by atoms with Crippen molar-refractivity contribution in [1.29, 1.82) is 0 Å². The van der Waals surface area contributed by atoms with Crippen LogP contribution in [0, 0.1) is 23.2 Å². The van der Waals surface area contributed by atoms with E-state index < -0.39 is 16.2 Å². The molecule has 1 amide bonds. The summed E-state index contributed by atoms with van der Waals surface area (Å²) in [4.78, 5) is 12.0. The van der Waals surface area contributed by atoms with Gasteiger partial charge in [0, 0.05) is 40.7 Å². The SMILES string of the molecule is CN(O)C(=O)C(C)(C)CC/C=C\C[C@@H]1[C@H](CS(=O)CC2CCCCC2)[C@@H]2CC[C@H]1O2. The summed E-state index contributed by atoms with van der Waals surface area (Å²) < 4.78 is 19.1. The van der Waals surface area contributed by atoms with Crippen LogP contribution < -0.4 is 0 Å². The van der Waals surface area contributed by atoms with Crippen LogP contribution >= 0.6 is 0 Å². The lowest BCUT2D eigenvalue weighted by Gasteiger charge is -2.28. The van der Waals surface area contributed by atoms with E-state index in [0.717, 1.165) is 37.2 Å². The summed E-state index contributed by atoms with van der Waals surface area (Å²) in [5.41, 5.74) is -0.568. The van der Waals surface area contributed by atoms with E-state index in [-0.39, 0.29) is 5.91 Å². The molecule has 5 nitrogen and oxygen atoms in total. The first kappa shape index (κ1) is 23.9. The lowest BCUT2D eigenvalue weighted by Crippen LogP contribution is -2.36. The Bertz CT molecular complexity index is 627. The van der Waals surface area contributed by atoms with Crippen LogP contribution in [0.3, 0.4) is 0 Å². The van der Waals surface area contributed by atoms with Crippen LogP contribution in [0.15, 0.2) is 12.2 Å². The second-order valence-electron chi connectivity index (χ2n) is 10.4. The molecule has 3 rings (SSSR count). The molecular weight excluding hydrogens is 398 g/mol. The summed E-state index contributed by atoms with van der Waals surface area (Å²) in [6.45, 7) is 3.74. The van der Waals surface area contributed by atoms with Crippen molar-refractivity contribution in [1.82, 2.24) is 5.06 Å². The third kappa shape index (κ3) is 6.17. The van der Waals surface area contributed by atoms with Gasteiger partial charge in [0.05, 0.1) is 12.2 Å². The predicted octanol–water partition coefficient (Wildman–Crippen LogP) is 4.71. The molecule has 0 aromatic rings. The van der Waals surface area contributed by atoms with Gasteiger partial charge in [0.15, 0.2) is 0 Å². The smallest absolute Gasteiger partial charge is 0.251 e. The summed E-state index contributed by atoms with van der Waals surface area (Å²) in [5.74, 6) is 3.02. The molecule has 0 aromatic carbocycles. The van der Waals surface area contributed by atoms with E-state index in [1.54, 1.807) is 0 Å². The maximum Gasteiger partial charge on any atom is 0.251 e. The van der Waals surface area contributed by atoms with E-state index in [9.17, 15) is 14.2 Å². The van der Waals surface area contributed by atoms with Crippen LogP contribution in [0.25, 0.3) is 0 Å². The quantitative estimate of drug-likeness (QED) is 0.304. The first-order chi connectivity index (χ1) is 14.3. The van der Waals surface area contributed by atoms with Gasteiger partial charge < -0.3 is 4.74 Å². The number of hydrogen-bond acceptors (Lipinski definition) is 4. The van der Waals surface area contributed by atoms with Crippen molar-refractivity contribution in [3.63, 3.8) is 0 Å². The Morgan fingerprint density at radius 3 is 2.40 bits per heavy atom. The Morgan fingerprint density at radius 1 is 1.07 bits per heavy atom. The number of allylic oxidation sites excluding steroid dienone is 2. The average Bonchev–Trinajstić information content (AvgIpc) is 3.30. The largest absolute Gasteiger partial charge is 0.374 e. The number of amides is 1. The minimum absolute atomic E-state index is 0.252. The van der Waals surface area contributed by atoms with Gasteiger partial charge >= 0.3 is 0 Å². The summed E-state index contributed by atoms with van der Waals surface area (Å²) in [5, 5.41) is 10.1. The molecule has 0 radical (unpaired) electrons. The molecule has 2 heterocycles. The summed E-state index contributed by atoms with van der Waals surface area (Å²) in [7, 11) is 0.652.